The normalized spacial score (nSPS) is 14.3. The molecule has 1 N–H and O–H groups in total. The van der Waals surface area contributed by atoms with E-state index in [0.29, 0.717) is 28.1 Å². The second kappa shape index (κ2) is 11.8. The van der Waals surface area contributed by atoms with E-state index in [1.807, 2.05) is 31.2 Å². The van der Waals surface area contributed by atoms with Gasteiger partial charge in [0.15, 0.2) is 6.04 Å². The number of amides is 2. The van der Waals surface area contributed by atoms with Gasteiger partial charge in [0.2, 0.25) is 5.82 Å². The molecule has 2 aromatic carbocycles. The highest BCUT2D eigenvalue weighted by Crippen LogP contribution is 2.31. The summed E-state index contributed by atoms with van der Waals surface area (Å²) in [6, 6.07) is 17.3. The number of nitrogens with zero attached hydrogens (tertiary/aromatic N) is 5. The highest BCUT2D eigenvalue weighted by Gasteiger charge is 2.36. The molecule has 5 rings (SSSR count). The number of carbonyl (C=O) groups is 2. The van der Waals surface area contributed by atoms with Gasteiger partial charge >= 0.3 is 0 Å². The summed E-state index contributed by atoms with van der Waals surface area (Å²) >= 11 is 5.99. The molecule has 0 bridgehead atoms. The number of aryl methyl sites for hydroxylation is 2. The third kappa shape index (κ3) is 6.20. The largest absolute Gasteiger partial charge is 0.464 e. The van der Waals surface area contributed by atoms with Crippen molar-refractivity contribution in [1.29, 1.82) is 0 Å². The molecule has 0 aliphatic heterocycles. The number of aromatic nitrogens is 4. The molecule has 2 aromatic heterocycles. The van der Waals surface area contributed by atoms with Crippen molar-refractivity contribution in [3.63, 3.8) is 0 Å². The number of hydrogen-bond acceptors (Lipinski definition) is 6. The van der Waals surface area contributed by atoms with E-state index in [-0.39, 0.29) is 24.4 Å². The standard InChI is InChI=1S/C29H31ClN6O3/c1-3-20-9-15-24(16-10-20)36(26(37)18-35-33-28(32-34-35)21-11-13-22(30)14-12-21)27(25-17-8-19(2)39-25)29(38)31-23-6-4-5-7-23/h8-17,23,27H,3-7,18H2,1-2H3,(H,31,38)/t27-/m1/s1. The molecule has 1 aliphatic rings. The fourth-order valence-electron chi connectivity index (χ4n) is 4.88. The lowest BCUT2D eigenvalue weighted by atomic mass is 10.1. The van der Waals surface area contributed by atoms with E-state index in [2.05, 4.69) is 27.7 Å². The maximum Gasteiger partial charge on any atom is 0.251 e. The number of rotatable bonds is 9. The van der Waals surface area contributed by atoms with Gasteiger partial charge < -0.3 is 9.73 Å². The number of carbonyl (C=O) groups excluding carboxylic acids is 2. The summed E-state index contributed by atoms with van der Waals surface area (Å²) < 4.78 is 5.93. The molecule has 1 atom stereocenters. The van der Waals surface area contributed by atoms with Crippen LogP contribution in [0.4, 0.5) is 5.69 Å². The SMILES string of the molecule is CCc1ccc(N(C(=O)Cn2nnc(-c3ccc(Cl)cc3)n2)[C@@H](C(=O)NC2CCCC2)c2ccc(C)o2)cc1. The summed E-state index contributed by atoms with van der Waals surface area (Å²) in [4.78, 5) is 30.5. The van der Waals surface area contributed by atoms with Crippen LogP contribution in [0.5, 0.6) is 0 Å². The zero-order chi connectivity index (χ0) is 27.4. The Morgan fingerprint density at radius 3 is 2.44 bits per heavy atom. The van der Waals surface area contributed by atoms with Crippen LogP contribution in [-0.4, -0.2) is 38.1 Å². The van der Waals surface area contributed by atoms with Gasteiger partial charge in [-0.25, -0.2) is 0 Å². The lowest BCUT2D eigenvalue weighted by Crippen LogP contribution is -2.47. The Morgan fingerprint density at radius 2 is 1.79 bits per heavy atom. The third-order valence-corrected chi connectivity index (χ3v) is 7.21. The van der Waals surface area contributed by atoms with Gasteiger partial charge in [0.1, 0.15) is 18.1 Å². The van der Waals surface area contributed by atoms with E-state index >= 15 is 0 Å². The van der Waals surface area contributed by atoms with Crippen LogP contribution in [-0.2, 0) is 22.6 Å². The molecule has 1 saturated carbocycles. The number of nitrogens with one attached hydrogen (secondary N) is 1. The second-order valence-corrected chi connectivity index (χ2v) is 10.2. The number of furan rings is 1. The summed E-state index contributed by atoms with van der Waals surface area (Å²) in [5, 5.41) is 16.3. The number of halogens is 1. The molecule has 202 valence electrons. The van der Waals surface area contributed by atoms with Crippen molar-refractivity contribution >= 4 is 29.1 Å². The van der Waals surface area contributed by atoms with Crippen molar-refractivity contribution in [3.05, 3.63) is 82.8 Å². The summed E-state index contributed by atoms with van der Waals surface area (Å²) in [6.07, 6.45) is 4.85. The molecule has 0 radical (unpaired) electrons. The molecular weight excluding hydrogens is 516 g/mol. The van der Waals surface area contributed by atoms with Gasteiger partial charge in [-0.2, -0.15) is 4.80 Å². The molecule has 9 nitrogen and oxygen atoms in total. The van der Waals surface area contributed by atoms with Crippen LogP contribution < -0.4 is 10.2 Å². The summed E-state index contributed by atoms with van der Waals surface area (Å²) in [7, 11) is 0. The molecule has 1 aliphatic carbocycles. The van der Waals surface area contributed by atoms with E-state index in [1.54, 1.807) is 36.4 Å². The molecule has 4 aromatic rings. The Hall–Kier alpha value is -3.98. The van der Waals surface area contributed by atoms with Crippen molar-refractivity contribution in [1.82, 2.24) is 25.5 Å². The first-order valence-corrected chi connectivity index (χ1v) is 13.6. The number of benzene rings is 2. The molecule has 39 heavy (non-hydrogen) atoms. The fraction of sp³-hybridized carbons (Fsp3) is 0.345. The minimum Gasteiger partial charge on any atom is -0.464 e. The van der Waals surface area contributed by atoms with E-state index < -0.39 is 6.04 Å². The van der Waals surface area contributed by atoms with Crippen LogP contribution in [0.1, 0.15) is 55.7 Å². The number of tetrazole rings is 1. The first-order valence-electron chi connectivity index (χ1n) is 13.2. The van der Waals surface area contributed by atoms with Crippen LogP contribution >= 0.6 is 11.6 Å². The Kier molecular flexibility index (Phi) is 8.07. The topological polar surface area (TPSA) is 106 Å². The molecule has 0 saturated heterocycles. The van der Waals surface area contributed by atoms with Crippen LogP contribution in [0, 0.1) is 6.92 Å². The van der Waals surface area contributed by atoms with Crippen molar-refractivity contribution in [2.75, 3.05) is 4.90 Å². The van der Waals surface area contributed by atoms with Gasteiger partial charge in [-0.15, -0.1) is 10.2 Å². The monoisotopic (exact) mass is 546 g/mol. The van der Waals surface area contributed by atoms with E-state index in [9.17, 15) is 9.59 Å². The quantitative estimate of drug-likeness (QED) is 0.306. The van der Waals surface area contributed by atoms with Gasteiger partial charge in [-0.3, -0.25) is 14.5 Å². The minimum atomic E-state index is -1.00. The first kappa shape index (κ1) is 26.6. The highest BCUT2D eigenvalue weighted by atomic mass is 35.5. The van der Waals surface area contributed by atoms with Crippen molar-refractivity contribution in [2.45, 2.75) is 64.6 Å². The molecule has 0 spiro atoms. The van der Waals surface area contributed by atoms with Gasteiger partial charge in [-0.1, -0.05) is 43.5 Å². The van der Waals surface area contributed by atoms with E-state index in [1.165, 1.54) is 9.70 Å². The van der Waals surface area contributed by atoms with Gasteiger partial charge in [0, 0.05) is 22.3 Å². The Balaban J connectivity index is 1.49. The van der Waals surface area contributed by atoms with Crippen LogP contribution in [0.2, 0.25) is 5.02 Å². The zero-order valence-electron chi connectivity index (χ0n) is 22.0. The van der Waals surface area contributed by atoms with Crippen molar-refractivity contribution in [3.8, 4) is 11.4 Å². The maximum absolute atomic E-state index is 14.0. The lowest BCUT2D eigenvalue weighted by molar-refractivity contribution is -0.128. The predicted molar refractivity (Wildman–Crippen MR) is 148 cm³/mol. The molecule has 1 fully saturated rings. The smallest absolute Gasteiger partial charge is 0.251 e. The third-order valence-electron chi connectivity index (χ3n) is 6.96. The maximum atomic E-state index is 14.0. The number of anilines is 1. The van der Waals surface area contributed by atoms with Crippen LogP contribution in [0.25, 0.3) is 11.4 Å². The van der Waals surface area contributed by atoms with Crippen molar-refractivity contribution < 1.29 is 14.0 Å². The van der Waals surface area contributed by atoms with Crippen LogP contribution in [0.3, 0.4) is 0 Å². The van der Waals surface area contributed by atoms with E-state index in [0.717, 1.165) is 43.2 Å². The molecule has 2 amide bonds. The Bertz CT molecular complexity index is 1420. The zero-order valence-corrected chi connectivity index (χ0v) is 22.8. The first-order chi connectivity index (χ1) is 18.9. The highest BCUT2D eigenvalue weighted by molar-refractivity contribution is 6.30. The van der Waals surface area contributed by atoms with Gasteiger partial charge in [-0.05, 0) is 85.5 Å². The minimum absolute atomic E-state index is 0.0781. The van der Waals surface area contributed by atoms with Gasteiger partial charge in [0.05, 0.1) is 0 Å². The predicted octanol–water partition coefficient (Wildman–Crippen LogP) is 5.29. The lowest BCUT2D eigenvalue weighted by Gasteiger charge is -2.30. The summed E-state index contributed by atoms with van der Waals surface area (Å²) in [6.45, 7) is 3.66. The van der Waals surface area contributed by atoms with Crippen LogP contribution in [0.15, 0.2) is 65.1 Å². The molecule has 0 unspecified atom stereocenters. The van der Waals surface area contributed by atoms with Crippen molar-refractivity contribution in [2.24, 2.45) is 0 Å². The average molecular weight is 547 g/mol. The average Bonchev–Trinajstić information content (AvgIpc) is 3.71. The summed E-state index contributed by atoms with van der Waals surface area (Å²) in [5.74, 6) is 0.764. The Labute approximate surface area is 232 Å². The Morgan fingerprint density at radius 1 is 1.08 bits per heavy atom. The second-order valence-electron chi connectivity index (χ2n) is 9.78. The van der Waals surface area contributed by atoms with Gasteiger partial charge in [0.25, 0.3) is 11.8 Å². The molecule has 10 heteroatoms. The molecular formula is C29H31ClN6O3. The molecule has 2 heterocycles. The summed E-state index contributed by atoms with van der Waals surface area (Å²) in [5.41, 5.74) is 2.43. The van der Waals surface area contributed by atoms with E-state index in [4.69, 9.17) is 16.0 Å². The fourth-order valence-corrected chi connectivity index (χ4v) is 5.00. The number of hydrogen-bond donors (Lipinski definition) is 1.